The monoisotopic (exact) mass is 696 g/mol. The Balaban J connectivity index is 0.000000895. The molecular formula is C24H15Cs2FN2O5. The molecule has 4 rings (SSSR count). The van der Waals surface area contributed by atoms with Gasteiger partial charge in [-0.3, -0.25) is 4.79 Å². The molecule has 0 bridgehead atoms. The Labute approximate surface area is 312 Å². The van der Waals surface area contributed by atoms with E-state index < -0.39 is 6.16 Å². The zero-order valence-corrected chi connectivity index (χ0v) is 31.3. The molecule has 0 spiro atoms. The summed E-state index contributed by atoms with van der Waals surface area (Å²) < 4.78 is 19.3. The van der Waals surface area contributed by atoms with Crippen molar-refractivity contribution in [3.8, 4) is 28.5 Å². The Bertz CT molecular complexity index is 1340. The Hall–Kier alpha value is -0.536. The first kappa shape index (κ1) is 31.5. The second kappa shape index (κ2) is 14.9. The molecule has 160 valence electrons. The number of rotatable bonds is 3. The average molecular weight is 696 g/mol. The molecular weight excluding hydrogens is 681 g/mol. The molecule has 1 heterocycles. The third kappa shape index (κ3) is 7.99. The summed E-state index contributed by atoms with van der Waals surface area (Å²) in [7, 11) is 1.55. The molecule has 1 N–H and O–H groups in total. The van der Waals surface area contributed by atoms with Crippen molar-refractivity contribution >= 4 is 23.0 Å². The molecule has 0 aliphatic carbocycles. The van der Waals surface area contributed by atoms with Crippen molar-refractivity contribution in [3.05, 3.63) is 83.7 Å². The number of nitrogens with one attached hydrogen (secondary N) is 1. The van der Waals surface area contributed by atoms with Crippen LogP contribution in [-0.2, 0) is 0 Å². The number of amides is 1. The van der Waals surface area contributed by atoms with Crippen LogP contribution in [0.3, 0.4) is 0 Å². The fourth-order valence-corrected chi connectivity index (χ4v) is 3.20. The quantitative estimate of drug-likeness (QED) is 0.239. The van der Waals surface area contributed by atoms with E-state index in [9.17, 15) is 9.18 Å². The van der Waals surface area contributed by atoms with E-state index in [1.165, 1.54) is 12.1 Å². The number of halogens is 1. The van der Waals surface area contributed by atoms with Crippen LogP contribution in [0.15, 0.2) is 71.1 Å². The minimum absolute atomic E-state index is 0. The molecule has 3 aromatic carbocycles. The van der Waals surface area contributed by atoms with Crippen molar-refractivity contribution in [2.75, 3.05) is 7.05 Å². The predicted molar refractivity (Wildman–Crippen MR) is 111 cm³/mol. The Morgan fingerprint density at radius 1 is 0.941 bits per heavy atom. The number of hydrogen-bond acceptors (Lipinski definition) is 6. The van der Waals surface area contributed by atoms with Crippen LogP contribution in [-0.4, -0.2) is 19.1 Å². The molecule has 1 aromatic heterocycles. The summed E-state index contributed by atoms with van der Waals surface area (Å²) in [4.78, 5) is 20.9. The van der Waals surface area contributed by atoms with Gasteiger partial charge in [-0.05, 0) is 65.8 Å². The summed E-state index contributed by atoms with van der Waals surface area (Å²) in [5.41, 5.74) is 3.85. The van der Waals surface area contributed by atoms with Gasteiger partial charge < -0.3 is 24.7 Å². The van der Waals surface area contributed by atoms with E-state index in [2.05, 4.69) is 11.4 Å². The van der Waals surface area contributed by atoms with Crippen LogP contribution in [0.2, 0.25) is 0 Å². The van der Waals surface area contributed by atoms with Gasteiger partial charge >= 0.3 is 138 Å². The number of hydrogen-bond donors (Lipinski definition) is 1. The molecule has 0 unspecified atom stereocenters. The van der Waals surface area contributed by atoms with E-state index in [0.29, 0.717) is 33.4 Å². The molecule has 0 aliphatic heterocycles. The SMILES string of the molecule is CNC(=O)c1c(-c2ccc(F)cc2)oc2ccc(-c3cccc(C#N)c3)cc12.O=C([O-])[O-].[Cs+].[Cs+]. The van der Waals surface area contributed by atoms with Crippen LogP contribution in [0.5, 0.6) is 0 Å². The van der Waals surface area contributed by atoms with Gasteiger partial charge in [-0.15, -0.1) is 0 Å². The fourth-order valence-electron chi connectivity index (χ4n) is 3.20. The summed E-state index contributed by atoms with van der Waals surface area (Å²) in [6, 6.07) is 20.7. The molecule has 0 radical (unpaired) electrons. The first-order valence-electron chi connectivity index (χ1n) is 9.27. The van der Waals surface area contributed by atoms with E-state index in [1.807, 2.05) is 24.3 Å². The summed E-state index contributed by atoms with van der Waals surface area (Å²) in [6.07, 6.45) is -2.33. The van der Waals surface area contributed by atoms with E-state index >= 15 is 0 Å². The van der Waals surface area contributed by atoms with E-state index in [4.69, 9.17) is 24.7 Å². The number of benzene rings is 3. The number of fused-ring (bicyclic) bond motifs is 1. The van der Waals surface area contributed by atoms with Gasteiger partial charge in [0.1, 0.15) is 17.2 Å². The molecule has 10 heteroatoms. The second-order valence-electron chi connectivity index (χ2n) is 6.55. The summed E-state index contributed by atoms with van der Waals surface area (Å²) >= 11 is 0. The van der Waals surface area contributed by atoms with Gasteiger partial charge in [0.2, 0.25) is 0 Å². The zero-order chi connectivity index (χ0) is 23.3. The van der Waals surface area contributed by atoms with Crippen molar-refractivity contribution in [3.63, 3.8) is 0 Å². The van der Waals surface area contributed by atoms with E-state index in [1.54, 1.807) is 37.4 Å². The van der Waals surface area contributed by atoms with Gasteiger partial charge in [-0.25, -0.2) is 4.39 Å². The summed E-state index contributed by atoms with van der Waals surface area (Å²) in [5, 5.41) is 29.1. The maximum absolute atomic E-state index is 13.3. The topological polar surface area (TPSA) is 129 Å². The molecule has 1 amide bonds. The van der Waals surface area contributed by atoms with Crippen molar-refractivity contribution in [2.24, 2.45) is 0 Å². The largest absolute Gasteiger partial charge is 1.00 e. The Morgan fingerprint density at radius 2 is 1.53 bits per heavy atom. The molecule has 34 heavy (non-hydrogen) atoms. The zero-order valence-electron chi connectivity index (χ0n) is 18.7. The first-order valence-corrected chi connectivity index (χ1v) is 9.27. The minimum Gasteiger partial charge on any atom is -0.652 e. The first-order chi connectivity index (χ1) is 15.3. The van der Waals surface area contributed by atoms with Crippen LogP contribution in [0.4, 0.5) is 9.18 Å². The van der Waals surface area contributed by atoms with Crippen molar-refractivity contribution < 1.29 is 166 Å². The van der Waals surface area contributed by atoms with E-state index in [-0.39, 0.29) is 150 Å². The second-order valence-corrected chi connectivity index (χ2v) is 6.55. The molecule has 0 saturated carbocycles. The third-order valence-electron chi connectivity index (χ3n) is 4.57. The number of nitriles is 1. The smallest absolute Gasteiger partial charge is 0.652 e. The Morgan fingerprint density at radius 3 is 2.12 bits per heavy atom. The van der Waals surface area contributed by atoms with Crippen LogP contribution >= 0.6 is 0 Å². The van der Waals surface area contributed by atoms with Crippen LogP contribution in [0.1, 0.15) is 15.9 Å². The van der Waals surface area contributed by atoms with Crippen LogP contribution < -0.4 is 153 Å². The number of nitrogens with zero attached hydrogens (tertiary/aromatic N) is 1. The van der Waals surface area contributed by atoms with Gasteiger partial charge in [-0.1, -0.05) is 18.2 Å². The van der Waals surface area contributed by atoms with Crippen molar-refractivity contribution in [1.29, 1.82) is 5.26 Å². The Kier molecular flexibility index (Phi) is 13.8. The minimum atomic E-state index is -2.33. The number of carboxylic acid groups (broad SMARTS) is 2. The van der Waals surface area contributed by atoms with Gasteiger partial charge in [0.25, 0.3) is 5.91 Å². The van der Waals surface area contributed by atoms with Crippen molar-refractivity contribution in [1.82, 2.24) is 5.32 Å². The van der Waals surface area contributed by atoms with Crippen LogP contribution in [0, 0.1) is 17.1 Å². The maximum Gasteiger partial charge on any atom is 1.00 e. The van der Waals surface area contributed by atoms with E-state index in [0.717, 1.165) is 11.1 Å². The molecule has 0 fully saturated rings. The predicted octanol–water partition coefficient (Wildman–Crippen LogP) is -3.30. The van der Waals surface area contributed by atoms with Gasteiger partial charge in [0.15, 0.2) is 0 Å². The number of carbonyl (C=O) groups is 2. The summed E-state index contributed by atoms with van der Waals surface area (Å²) in [6.45, 7) is 0. The van der Waals surface area contributed by atoms with Gasteiger partial charge in [-0.2, -0.15) is 5.26 Å². The van der Waals surface area contributed by atoms with Gasteiger partial charge in [0, 0.05) is 18.0 Å². The normalized spacial score (nSPS) is 9.44. The van der Waals surface area contributed by atoms with Gasteiger partial charge in [0.05, 0.1) is 17.2 Å². The summed E-state index contributed by atoms with van der Waals surface area (Å²) in [5.74, 6) is -0.265. The number of furan rings is 1. The fraction of sp³-hybridized carbons (Fsp3) is 0.0417. The molecule has 0 atom stereocenters. The maximum atomic E-state index is 13.3. The molecule has 0 saturated heterocycles. The molecule has 4 aromatic rings. The third-order valence-corrected chi connectivity index (χ3v) is 4.57. The standard InChI is InChI=1S/C23H15FN2O2.CH2O3.2Cs/c1-26-23(27)21-19-12-17(16-4-2-3-14(11-16)13-25)7-10-20(19)28-22(21)15-5-8-18(24)9-6-15;2-1(3)4;;/h2-12H,1H3,(H,26,27);(H2,2,3,4);;/q;;2*+1/p-2. The van der Waals surface area contributed by atoms with Crippen molar-refractivity contribution in [2.45, 2.75) is 0 Å². The molecule has 7 nitrogen and oxygen atoms in total. The van der Waals surface area contributed by atoms with Crippen LogP contribution in [0.25, 0.3) is 33.4 Å². The molecule has 0 aliphatic rings. The number of carbonyl (C=O) groups excluding carboxylic acids is 2. The average Bonchev–Trinajstić information content (AvgIpc) is 3.17.